The molecule has 0 radical (unpaired) electrons. The van der Waals surface area contributed by atoms with E-state index in [4.69, 9.17) is 4.74 Å². The van der Waals surface area contributed by atoms with Crippen LogP contribution in [0, 0.1) is 0 Å². The third kappa shape index (κ3) is 73.9. The van der Waals surface area contributed by atoms with Crippen LogP contribution >= 0.6 is 0 Å². The van der Waals surface area contributed by atoms with E-state index in [0.29, 0.717) is 25.9 Å². The Morgan fingerprint density at radius 1 is 0.273 bits per heavy atom. The molecule has 0 aromatic rings. The van der Waals surface area contributed by atoms with Gasteiger partial charge in [0.2, 0.25) is 5.91 Å². The molecular weight excluding hydrogens is 1080 g/mol. The second-order valence-electron chi connectivity index (χ2n) is 28.8. The zero-order valence-electron chi connectivity index (χ0n) is 60.5. The number of amides is 1. The maximum atomic E-state index is 12.6. The third-order valence-corrected chi connectivity index (χ3v) is 19.9. The standard InChI is InChI=1S/C82H163NO5/c1-3-5-7-9-11-13-15-17-19-21-39-43-46-50-54-58-62-66-70-74-80(85)79(78-84)83-81(86)75-71-67-63-59-55-51-47-44-40-37-35-33-31-29-27-25-23-22-24-26-28-30-32-34-36-38-41-45-49-53-57-61-65-69-73-77-88-82(87)76-72-68-64-60-56-52-48-42-20-18-16-14-12-10-8-6-4-2/h79-80,84-85H,3-78H2,1-2H3,(H,83,86). The van der Waals surface area contributed by atoms with Crippen molar-refractivity contribution in [2.24, 2.45) is 0 Å². The molecule has 0 aliphatic rings. The minimum atomic E-state index is -0.660. The Kier molecular flexibility index (Phi) is 77.3. The number of carbonyl (C=O) groups excluding carboxylic acids is 2. The van der Waals surface area contributed by atoms with Gasteiger partial charge in [-0.05, 0) is 25.7 Å². The van der Waals surface area contributed by atoms with Crippen molar-refractivity contribution in [3.8, 4) is 0 Å². The highest BCUT2D eigenvalue weighted by Crippen LogP contribution is 2.21. The molecule has 526 valence electrons. The Bertz CT molecular complexity index is 1290. The fraction of sp³-hybridized carbons (Fsp3) is 0.976. The number of hydrogen-bond acceptors (Lipinski definition) is 5. The molecule has 1 amide bonds. The molecule has 0 heterocycles. The molecule has 2 unspecified atom stereocenters. The number of rotatable bonds is 79. The summed E-state index contributed by atoms with van der Waals surface area (Å²) in [6.45, 7) is 5.02. The first-order valence-electron chi connectivity index (χ1n) is 41.3. The first-order chi connectivity index (χ1) is 43.5. The average molecular weight is 1240 g/mol. The van der Waals surface area contributed by atoms with E-state index in [1.165, 1.54) is 417 Å². The monoisotopic (exact) mass is 1240 g/mol. The molecule has 0 spiro atoms. The van der Waals surface area contributed by atoms with Gasteiger partial charge >= 0.3 is 5.97 Å². The van der Waals surface area contributed by atoms with Crippen LogP contribution < -0.4 is 5.32 Å². The van der Waals surface area contributed by atoms with Crippen LogP contribution in [0.5, 0.6) is 0 Å². The molecule has 0 aliphatic heterocycles. The molecule has 0 fully saturated rings. The van der Waals surface area contributed by atoms with Gasteiger partial charge in [-0.15, -0.1) is 0 Å². The van der Waals surface area contributed by atoms with E-state index in [2.05, 4.69) is 19.2 Å². The molecule has 0 saturated carbocycles. The molecule has 0 aliphatic carbocycles. The molecule has 88 heavy (non-hydrogen) atoms. The van der Waals surface area contributed by atoms with Crippen molar-refractivity contribution in [2.75, 3.05) is 13.2 Å². The normalized spacial score (nSPS) is 12.4. The Hall–Kier alpha value is -1.14. The molecule has 0 bridgehead atoms. The lowest BCUT2D eigenvalue weighted by Gasteiger charge is -2.22. The zero-order chi connectivity index (χ0) is 63.5. The van der Waals surface area contributed by atoms with E-state index >= 15 is 0 Å². The molecule has 0 saturated heterocycles. The maximum Gasteiger partial charge on any atom is 0.305 e. The largest absolute Gasteiger partial charge is 0.466 e. The van der Waals surface area contributed by atoms with Crippen molar-refractivity contribution < 1.29 is 24.5 Å². The van der Waals surface area contributed by atoms with Gasteiger partial charge in [-0.2, -0.15) is 0 Å². The zero-order valence-corrected chi connectivity index (χ0v) is 60.5. The van der Waals surface area contributed by atoms with Gasteiger partial charge in [0.05, 0.1) is 25.4 Å². The maximum absolute atomic E-state index is 12.6. The molecule has 3 N–H and O–H groups in total. The van der Waals surface area contributed by atoms with Crippen molar-refractivity contribution in [1.29, 1.82) is 0 Å². The van der Waals surface area contributed by atoms with Crippen LogP contribution in [-0.4, -0.2) is 47.4 Å². The van der Waals surface area contributed by atoms with Crippen LogP contribution in [0.3, 0.4) is 0 Å². The van der Waals surface area contributed by atoms with Crippen molar-refractivity contribution in [3.63, 3.8) is 0 Å². The predicted octanol–water partition coefficient (Wildman–Crippen LogP) is 27.3. The smallest absolute Gasteiger partial charge is 0.305 e. The number of esters is 1. The lowest BCUT2D eigenvalue weighted by Crippen LogP contribution is -2.45. The van der Waals surface area contributed by atoms with Gasteiger partial charge in [0.25, 0.3) is 0 Å². The number of nitrogens with one attached hydrogen (secondary N) is 1. The number of aliphatic hydroxyl groups is 2. The number of hydrogen-bond donors (Lipinski definition) is 3. The van der Waals surface area contributed by atoms with Gasteiger partial charge < -0.3 is 20.3 Å². The summed E-state index contributed by atoms with van der Waals surface area (Å²) in [5.74, 6) is 0.00428. The topological polar surface area (TPSA) is 95.9 Å². The highest BCUT2D eigenvalue weighted by molar-refractivity contribution is 5.76. The minimum absolute atomic E-state index is 0.0239. The van der Waals surface area contributed by atoms with E-state index < -0.39 is 12.1 Å². The van der Waals surface area contributed by atoms with Crippen molar-refractivity contribution in [1.82, 2.24) is 5.32 Å². The Balaban J connectivity index is 3.29. The SMILES string of the molecule is CCCCCCCCCCCCCCCCCCCCCC(O)C(CO)NC(=O)CCCCCCCCCCCCCCCCCCCCCCCCCCCCCCCCCCCCCOC(=O)CCCCCCCCCCCCCCCCCCC. The first kappa shape index (κ1) is 86.9. The Morgan fingerprint density at radius 3 is 0.693 bits per heavy atom. The summed E-state index contributed by atoms with van der Waals surface area (Å²) in [5.41, 5.74) is 0. The van der Waals surface area contributed by atoms with Crippen LogP contribution in [0.15, 0.2) is 0 Å². The number of aliphatic hydroxyl groups excluding tert-OH is 2. The van der Waals surface area contributed by atoms with Crippen molar-refractivity contribution in [3.05, 3.63) is 0 Å². The summed E-state index contributed by atoms with van der Waals surface area (Å²) < 4.78 is 5.52. The van der Waals surface area contributed by atoms with Gasteiger partial charge in [-0.1, -0.05) is 450 Å². The van der Waals surface area contributed by atoms with Gasteiger partial charge in [-0.25, -0.2) is 0 Å². The third-order valence-electron chi connectivity index (χ3n) is 19.9. The highest BCUT2D eigenvalue weighted by atomic mass is 16.5. The van der Waals surface area contributed by atoms with E-state index in [0.717, 1.165) is 38.5 Å². The van der Waals surface area contributed by atoms with Crippen LogP contribution in [0.4, 0.5) is 0 Å². The van der Waals surface area contributed by atoms with E-state index in [-0.39, 0.29) is 18.5 Å². The Morgan fingerprint density at radius 2 is 0.466 bits per heavy atom. The van der Waals surface area contributed by atoms with E-state index in [1.807, 2.05) is 0 Å². The fourth-order valence-corrected chi connectivity index (χ4v) is 13.6. The molecule has 6 heteroatoms. The van der Waals surface area contributed by atoms with Crippen molar-refractivity contribution in [2.45, 2.75) is 501 Å². The van der Waals surface area contributed by atoms with Gasteiger partial charge in [0.1, 0.15) is 0 Å². The average Bonchev–Trinajstić information content (AvgIpc) is 3.58. The van der Waals surface area contributed by atoms with Gasteiger partial charge in [-0.3, -0.25) is 9.59 Å². The predicted molar refractivity (Wildman–Crippen MR) is 389 cm³/mol. The summed E-state index contributed by atoms with van der Waals surface area (Å²) in [4.78, 5) is 24.7. The second kappa shape index (κ2) is 78.3. The first-order valence-corrected chi connectivity index (χ1v) is 41.3. The van der Waals surface area contributed by atoms with Crippen LogP contribution in [0.2, 0.25) is 0 Å². The molecule has 0 aromatic heterocycles. The number of carbonyl (C=O) groups is 2. The van der Waals surface area contributed by atoms with Gasteiger partial charge in [0, 0.05) is 12.8 Å². The summed E-state index contributed by atoms with van der Waals surface area (Å²) in [6, 6.07) is -0.537. The molecule has 2 atom stereocenters. The lowest BCUT2D eigenvalue weighted by atomic mass is 10.0. The highest BCUT2D eigenvalue weighted by Gasteiger charge is 2.20. The van der Waals surface area contributed by atoms with Crippen LogP contribution in [0.25, 0.3) is 0 Å². The van der Waals surface area contributed by atoms with Crippen molar-refractivity contribution >= 4 is 11.9 Å². The van der Waals surface area contributed by atoms with Crippen LogP contribution in [0.1, 0.15) is 489 Å². The minimum Gasteiger partial charge on any atom is -0.466 e. The number of ether oxygens (including phenoxy) is 1. The Labute approximate surface area is 553 Å². The molecule has 6 nitrogen and oxygen atoms in total. The van der Waals surface area contributed by atoms with Crippen LogP contribution in [-0.2, 0) is 14.3 Å². The molecular formula is C82H163NO5. The fourth-order valence-electron chi connectivity index (χ4n) is 13.6. The van der Waals surface area contributed by atoms with Gasteiger partial charge in [0.15, 0.2) is 0 Å². The second-order valence-corrected chi connectivity index (χ2v) is 28.8. The molecule has 0 rings (SSSR count). The summed E-state index contributed by atoms with van der Waals surface area (Å²) in [6.07, 6.45) is 97.9. The summed E-state index contributed by atoms with van der Waals surface area (Å²) in [7, 11) is 0. The summed E-state index contributed by atoms with van der Waals surface area (Å²) in [5, 5.41) is 23.4. The van der Waals surface area contributed by atoms with E-state index in [1.54, 1.807) is 0 Å². The number of unbranched alkanes of at least 4 members (excludes halogenated alkanes) is 68. The lowest BCUT2D eigenvalue weighted by molar-refractivity contribution is -0.143. The summed E-state index contributed by atoms with van der Waals surface area (Å²) >= 11 is 0. The molecule has 0 aromatic carbocycles. The van der Waals surface area contributed by atoms with E-state index in [9.17, 15) is 19.8 Å². The quantitative estimate of drug-likeness (QED) is 0.0417.